The van der Waals surface area contributed by atoms with Crippen LogP contribution in [0.2, 0.25) is 0 Å². The molecule has 0 saturated carbocycles. The summed E-state index contributed by atoms with van der Waals surface area (Å²) >= 11 is 0. The summed E-state index contributed by atoms with van der Waals surface area (Å²) < 4.78 is 1.81. The van der Waals surface area contributed by atoms with Gasteiger partial charge in [-0.3, -0.25) is 9.69 Å². The van der Waals surface area contributed by atoms with Crippen molar-refractivity contribution >= 4 is 12.0 Å². The van der Waals surface area contributed by atoms with Crippen molar-refractivity contribution in [2.75, 3.05) is 26.2 Å². The van der Waals surface area contributed by atoms with Crippen molar-refractivity contribution in [2.45, 2.75) is 6.54 Å². The molecule has 28 heavy (non-hydrogen) atoms. The van der Waals surface area contributed by atoms with Crippen molar-refractivity contribution in [2.24, 2.45) is 0 Å². The highest BCUT2D eigenvalue weighted by atomic mass is 16.2. The summed E-state index contributed by atoms with van der Waals surface area (Å²) in [5, 5.41) is 4.36. The van der Waals surface area contributed by atoms with E-state index < -0.39 is 0 Å². The minimum Gasteiger partial charge on any atom is -0.337 e. The first kappa shape index (κ1) is 18.2. The van der Waals surface area contributed by atoms with Crippen LogP contribution in [0.1, 0.15) is 11.1 Å². The molecule has 2 aromatic carbocycles. The summed E-state index contributed by atoms with van der Waals surface area (Å²) in [6, 6.07) is 20.4. The van der Waals surface area contributed by atoms with Gasteiger partial charge >= 0.3 is 0 Å². The number of para-hydroxylation sites is 1. The molecular weight excluding hydrogens is 348 g/mol. The zero-order valence-corrected chi connectivity index (χ0v) is 15.8. The van der Waals surface area contributed by atoms with Crippen molar-refractivity contribution < 1.29 is 4.79 Å². The molecule has 2 heterocycles. The topological polar surface area (TPSA) is 41.4 Å². The Labute approximate surface area is 165 Å². The maximum absolute atomic E-state index is 12.5. The summed E-state index contributed by atoms with van der Waals surface area (Å²) in [6.45, 7) is 4.27. The number of piperazine rings is 1. The van der Waals surface area contributed by atoms with E-state index in [1.807, 2.05) is 58.3 Å². The Balaban J connectivity index is 1.29. The lowest BCUT2D eigenvalue weighted by Gasteiger charge is -2.34. The van der Waals surface area contributed by atoms with Crippen LogP contribution in [0.15, 0.2) is 79.1 Å². The van der Waals surface area contributed by atoms with Crippen molar-refractivity contribution in [3.05, 3.63) is 90.3 Å². The molecule has 1 fully saturated rings. The number of amides is 1. The predicted molar refractivity (Wildman–Crippen MR) is 111 cm³/mol. The maximum Gasteiger partial charge on any atom is 0.246 e. The van der Waals surface area contributed by atoms with E-state index in [0.717, 1.165) is 44.0 Å². The SMILES string of the molecule is O=C(/C=C/c1cnn(-c2ccccc2)c1)N1CCN(Cc2ccccc2)CC1. The van der Waals surface area contributed by atoms with Crippen LogP contribution in [0.25, 0.3) is 11.8 Å². The molecule has 0 unspecified atom stereocenters. The van der Waals surface area contributed by atoms with Gasteiger partial charge in [0.2, 0.25) is 5.91 Å². The fourth-order valence-corrected chi connectivity index (χ4v) is 3.39. The fraction of sp³-hybridized carbons (Fsp3) is 0.217. The molecule has 1 aliphatic rings. The largest absolute Gasteiger partial charge is 0.337 e. The Hall–Kier alpha value is -3.18. The first-order valence-electron chi connectivity index (χ1n) is 9.61. The average Bonchev–Trinajstić information content (AvgIpc) is 3.23. The lowest BCUT2D eigenvalue weighted by Crippen LogP contribution is -2.47. The van der Waals surface area contributed by atoms with E-state index in [-0.39, 0.29) is 5.91 Å². The van der Waals surface area contributed by atoms with Crippen molar-refractivity contribution in [1.29, 1.82) is 0 Å². The molecule has 1 amide bonds. The lowest BCUT2D eigenvalue weighted by molar-refractivity contribution is -0.127. The number of carbonyl (C=O) groups is 1. The minimum atomic E-state index is 0.0619. The van der Waals surface area contributed by atoms with Gasteiger partial charge in [-0.15, -0.1) is 0 Å². The number of nitrogens with zero attached hydrogens (tertiary/aromatic N) is 4. The van der Waals surface area contributed by atoms with Gasteiger partial charge in [-0.2, -0.15) is 5.10 Å². The van der Waals surface area contributed by atoms with Crippen molar-refractivity contribution in [1.82, 2.24) is 19.6 Å². The summed E-state index contributed by atoms with van der Waals surface area (Å²) in [5.41, 5.74) is 3.24. The standard InChI is InChI=1S/C23H24N4O/c28-23(12-11-21-17-24-27(19-21)22-9-5-2-6-10-22)26-15-13-25(14-16-26)18-20-7-3-1-4-8-20/h1-12,17,19H,13-16,18H2/b12-11+. The van der Waals surface area contributed by atoms with Gasteiger partial charge in [-0.25, -0.2) is 4.68 Å². The third-order valence-corrected chi connectivity index (χ3v) is 4.97. The van der Waals surface area contributed by atoms with E-state index in [4.69, 9.17) is 0 Å². The van der Waals surface area contributed by atoms with E-state index >= 15 is 0 Å². The van der Waals surface area contributed by atoms with Crippen LogP contribution in [0.3, 0.4) is 0 Å². The van der Waals surface area contributed by atoms with Gasteiger partial charge in [0.05, 0.1) is 11.9 Å². The summed E-state index contributed by atoms with van der Waals surface area (Å²) in [7, 11) is 0. The molecule has 0 bridgehead atoms. The zero-order valence-electron chi connectivity index (χ0n) is 15.8. The van der Waals surface area contributed by atoms with Crippen LogP contribution in [-0.4, -0.2) is 51.7 Å². The average molecular weight is 372 g/mol. The zero-order chi connectivity index (χ0) is 19.2. The Bertz CT molecular complexity index is 926. The highest BCUT2D eigenvalue weighted by Gasteiger charge is 2.19. The number of hydrogen-bond donors (Lipinski definition) is 0. The van der Waals surface area contributed by atoms with Gasteiger partial charge in [0.25, 0.3) is 0 Å². The second-order valence-corrected chi connectivity index (χ2v) is 6.97. The second-order valence-electron chi connectivity index (χ2n) is 6.97. The van der Waals surface area contributed by atoms with Crippen LogP contribution in [0.5, 0.6) is 0 Å². The first-order valence-corrected chi connectivity index (χ1v) is 9.61. The van der Waals surface area contributed by atoms with Crippen molar-refractivity contribution in [3.63, 3.8) is 0 Å². The van der Waals surface area contributed by atoms with Gasteiger partial charge in [0.1, 0.15) is 0 Å². The molecular formula is C23H24N4O. The molecule has 1 aromatic heterocycles. The van der Waals surface area contributed by atoms with Crippen LogP contribution < -0.4 is 0 Å². The molecule has 0 spiro atoms. The smallest absolute Gasteiger partial charge is 0.246 e. The van der Waals surface area contributed by atoms with Crippen LogP contribution in [-0.2, 0) is 11.3 Å². The molecule has 0 atom stereocenters. The highest BCUT2D eigenvalue weighted by molar-refractivity contribution is 5.91. The number of aromatic nitrogens is 2. The van der Waals surface area contributed by atoms with Gasteiger partial charge in [0.15, 0.2) is 0 Å². The number of hydrogen-bond acceptors (Lipinski definition) is 3. The Morgan fingerprint density at radius 1 is 0.929 bits per heavy atom. The highest BCUT2D eigenvalue weighted by Crippen LogP contribution is 2.11. The Kier molecular flexibility index (Phi) is 5.64. The molecule has 0 N–H and O–H groups in total. The molecule has 1 saturated heterocycles. The predicted octanol–water partition coefficient (Wildman–Crippen LogP) is 3.23. The quantitative estimate of drug-likeness (QED) is 0.646. The monoisotopic (exact) mass is 372 g/mol. The Morgan fingerprint density at radius 3 is 2.32 bits per heavy atom. The molecule has 0 aliphatic carbocycles. The molecule has 3 aromatic rings. The van der Waals surface area contributed by atoms with Gasteiger partial charge < -0.3 is 4.90 Å². The van der Waals surface area contributed by atoms with E-state index in [2.05, 4.69) is 34.3 Å². The van der Waals surface area contributed by atoms with Crippen molar-refractivity contribution in [3.8, 4) is 5.69 Å². The van der Waals surface area contributed by atoms with Gasteiger partial charge in [0, 0.05) is 50.6 Å². The normalized spacial score (nSPS) is 15.2. The Morgan fingerprint density at radius 2 is 1.61 bits per heavy atom. The van der Waals surface area contributed by atoms with Gasteiger partial charge in [-0.1, -0.05) is 48.5 Å². The first-order chi connectivity index (χ1) is 13.8. The van der Waals surface area contributed by atoms with Gasteiger partial charge in [-0.05, 0) is 23.8 Å². The van der Waals surface area contributed by atoms with E-state index in [0.29, 0.717) is 0 Å². The van der Waals surface area contributed by atoms with Crippen LogP contribution >= 0.6 is 0 Å². The number of rotatable bonds is 5. The fourth-order valence-electron chi connectivity index (χ4n) is 3.39. The molecule has 5 nitrogen and oxygen atoms in total. The minimum absolute atomic E-state index is 0.0619. The number of benzene rings is 2. The maximum atomic E-state index is 12.5. The summed E-state index contributed by atoms with van der Waals surface area (Å²) in [4.78, 5) is 16.8. The van der Waals surface area contributed by atoms with Crippen LogP contribution in [0, 0.1) is 0 Å². The molecule has 0 radical (unpaired) electrons. The molecule has 5 heteroatoms. The lowest BCUT2D eigenvalue weighted by atomic mass is 10.2. The van der Waals surface area contributed by atoms with E-state index in [1.54, 1.807) is 12.3 Å². The molecule has 1 aliphatic heterocycles. The third kappa shape index (κ3) is 4.56. The van der Waals surface area contributed by atoms with E-state index in [9.17, 15) is 4.79 Å². The molecule has 4 rings (SSSR count). The third-order valence-electron chi connectivity index (χ3n) is 4.97. The summed E-state index contributed by atoms with van der Waals surface area (Å²) in [6.07, 6.45) is 7.19. The van der Waals surface area contributed by atoms with Crippen LogP contribution in [0.4, 0.5) is 0 Å². The second kappa shape index (κ2) is 8.67. The van der Waals surface area contributed by atoms with E-state index in [1.165, 1.54) is 5.56 Å². The number of carbonyl (C=O) groups excluding carboxylic acids is 1. The molecule has 142 valence electrons. The summed E-state index contributed by atoms with van der Waals surface area (Å²) in [5.74, 6) is 0.0619.